The van der Waals surface area contributed by atoms with Crippen LogP contribution in [0.3, 0.4) is 0 Å². The Bertz CT molecular complexity index is 1850. The number of hydrogen-bond donors (Lipinski definition) is 10. The average molecular weight is 1160 g/mol. The van der Waals surface area contributed by atoms with Crippen molar-refractivity contribution < 1.29 is 87.8 Å². The van der Waals surface area contributed by atoms with Gasteiger partial charge < -0.3 is 56.9 Å². The molecule has 0 rings (SSSR count). The van der Waals surface area contributed by atoms with E-state index in [-0.39, 0.29) is 116 Å². The van der Waals surface area contributed by atoms with Gasteiger partial charge in [-0.25, -0.2) is 24.0 Å². The van der Waals surface area contributed by atoms with Crippen LogP contribution in [0.15, 0.2) is 0 Å². The molecule has 23 nitrogen and oxygen atoms in total. The molecule has 0 aromatic rings. The zero-order valence-electron chi connectivity index (χ0n) is 45.9. The van der Waals surface area contributed by atoms with Gasteiger partial charge in [-0.3, -0.25) is 33.6 Å². The number of aliphatic carboxylic acids is 5. The van der Waals surface area contributed by atoms with Crippen molar-refractivity contribution in [3.05, 3.63) is 0 Å². The molecule has 0 saturated heterocycles. The van der Waals surface area contributed by atoms with Crippen LogP contribution in [0, 0.1) is 23.7 Å². The number of rotatable bonds is 38. The molecule has 0 aromatic heterocycles. The Morgan fingerprint density at radius 1 is 0.395 bits per heavy atom. The molecule has 0 aliphatic heterocycles. The minimum Gasteiger partial charge on any atom is -0.480 e. The number of hydrogen-bond acceptors (Lipinski definition) is 17. The summed E-state index contributed by atoms with van der Waals surface area (Å²) in [4.78, 5) is 137. The first-order valence-corrected chi connectivity index (χ1v) is 29.6. The third kappa shape index (κ3) is 41.4. The van der Waals surface area contributed by atoms with Crippen LogP contribution in [0.25, 0.3) is 0 Å². The third-order valence-corrected chi connectivity index (χ3v) is 14.6. The largest absolute Gasteiger partial charge is 0.480 e. The van der Waals surface area contributed by atoms with Crippen molar-refractivity contribution in [1.82, 2.24) is 26.6 Å². The van der Waals surface area contributed by atoms with Gasteiger partial charge in [0.15, 0.2) is 0 Å². The Morgan fingerprint density at radius 2 is 0.737 bits per heavy atom. The number of ketones is 1. The molecule has 0 radical (unpaired) electrons. The highest BCUT2D eigenvalue weighted by Crippen LogP contribution is 2.22. The summed E-state index contributed by atoms with van der Waals surface area (Å²) < 4.78 is 5.01. The normalized spacial score (nSPS) is 12.9. The third-order valence-electron chi connectivity index (χ3n) is 9.83. The van der Waals surface area contributed by atoms with E-state index in [4.69, 9.17) is 20.1 Å². The van der Waals surface area contributed by atoms with Gasteiger partial charge in [0.1, 0.15) is 42.6 Å². The van der Waals surface area contributed by atoms with E-state index in [2.05, 4.69) is 26.6 Å². The number of carbonyl (C=O) groups is 12. The average Bonchev–Trinajstić information content (AvgIpc) is 3.31. The van der Waals surface area contributed by atoms with Crippen LogP contribution >= 0.6 is 45.1 Å². The van der Waals surface area contributed by atoms with Gasteiger partial charge in [0.05, 0.1) is 5.92 Å². The number of carbonyl (C=O) groups excluding carboxylic acids is 7. The summed E-state index contributed by atoms with van der Waals surface area (Å²) in [5.41, 5.74) is 0. The van der Waals surface area contributed by atoms with Crippen molar-refractivity contribution in [2.24, 2.45) is 23.7 Å². The number of thioether (sulfide) groups is 2. The van der Waals surface area contributed by atoms with Crippen LogP contribution in [0.5, 0.6) is 0 Å². The first kappa shape index (κ1) is 75.5. The van der Waals surface area contributed by atoms with E-state index in [1.54, 1.807) is 41.5 Å². The monoisotopic (exact) mass is 1160 g/mol. The molecular weight excluding hydrogens is 1070 g/mol. The molecule has 0 aliphatic rings. The summed E-state index contributed by atoms with van der Waals surface area (Å²) in [5.74, 6) is -7.55. The molecule has 0 saturated carbocycles. The first-order chi connectivity index (χ1) is 35.2. The maximum absolute atomic E-state index is 12.0. The number of nitrogens with one attached hydrogen (secondary N) is 5. The quantitative estimate of drug-likeness (QED) is 0.0227. The van der Waals surface area contributed by atoms with Crippen LogP contribution in [0.4, 0.5) is 0 Å². The second-order valence-electron chi connectivity index (χ2n) is 18.9. The number of carboxylic acid groups (broad SMARTS) is 5. The molecule has 0 spiro atoms. The van der Waals surface area contributed by atoms with Crippen LogP contribution in [0.2, 0.25) is 0 Å². The lowest BCUT2D eigenvalue weighted by Crippen LogP contribution is -2.44. The summed E-state index contributed by atoms with van der Waals surface area (Å²) in [6.07, 6.45) is 1.51. The van der Waals surface area contributed by atoms with Crippen molar-refractivity contribution in [2.45, 2.75) is 182 Å². The molecule has 0 fully saturated rings. The molecule has 27 heteroatoms. The maximum atomic E-state index is 12.0. The molecular formula is C49H85N5O18S4. The van der Waals surface area contributed by atoms with Crippen molar-refractivity contribution in [3.63, 3.8) is 0 Å². The summed E-state index contributed by atoms with van der Waals surface area (Å²) >= 11 is 2.92. The first-order valence-electron chi connectivity index (χ1n) is 25.0. The van der Waals surface area contributed by atoms with E-state index in [0.29, 0.717) is 29.6 Å². The van der Waals surface area contributed by atoms with Crippen LogP contribution in [-0.2, 0) is 62.3 Å². The van der Waals surface area contributed by atoms with Crippen LogP contribution in [-0.4, -0.2) is 167 Å². The van der Waals surface area contributed by atoms with Gasteiger partial charge in [-0.05, 0) is 42.6 Å². The Morgan fingerprint density at radius 3 is 1.04 bits per heavy atom. The molecule has 438 valence electrons. The number of ether oxygens (including phenoxy) is 1. The lowest BCUT2D eigenvalue weighted by atomic mass is 10.0. The highest BCUT2D eigenvalue weighted by atomic mass is 33.1. The van der Waals surface area contributed by atoms with Gasteiger partial charge in [-0.15, -0.1) is 0 Å². The summed E-state index contributed by atoms with van der Waals surface area (Å²) in [7, 11) is 2.57. The highest BCUT2D eigenvalue weighted by Gasteiger charge is 2.26. The number of esters is 1. The lowest BCUT2D eigenvalue weighted by molar-refractivity contribution is -0.146. The van der Waals surface area contributed by atoms with Crippen molar-refractivity contribution in [3.8, 4) is 0 Å². The van der Waals surface area contributed by atoms with Gasteiger partial charge in [0.2, 0.25) is 29.5 Å². The van der Waals surface area contributed by atoms with Gasteiger partial charge in [-0.2, -0.15) is 23.5 Å². The number of amides is 5. The molecule has 0 aromatic carbocycles. The van der Waals surface area contributed by atoms with Crippen LogP contribution < -0.4 is 26.6 Å². The van der Waals surface area contributed by atoms with Crippen LogP contribution in [0.1, 0.15) is 141 Å². The zero-order valence-corrected chi connectivity index (χ0v) is 49.2. The van der Waals surface area contributed by atoms with Gasteiger partial charge in [-0.1, -0.05) is 105 Å². The molecule has 5 amide bonds. The zero-order chi connectivity index (χ0) is 59.2. The van der Waals surface area contributed by atoms with Crippen molar-refractivity contribution >= 4 is 116 Å². The second kappa shape index (κ2) is 43.2. The fourth-order valence-corrected chi connectivity index (χ4v) is 8.84. The predicted molar refractivity (Wildman–Crippen MR) is 295 cm³/mol. The topological polar surface area (TPSA) is 375 Å². The Balaban J connectivity index is -0.00000108. The SMILES string of the molecule is CC(C)C(=O)NC(CCCC(=O)NC(CSSCCOC(=O)C(C)C)C(=O)O)C(=O)O.CC(C)SCC(NC(=O)CCCC(=O)C(C)C)C(=O)O.CC(C)SCC(NC(=O)CCCC(NC(=O)C(C)C)C(=O)O)C(=O)O. The minimum atomic E-state index is -1.19. The standard InChI is InChI=1S/C19H32N2O8S2.C16H28N2O6S.C14H25NO4S/c1-11(2)16(23)21-13(17(24)25)6-5-7-15(22)20-14(18(26)27)10-31-30-9-8-29-19(28)12(3)4;1-9(2)14(20)18-11(15(21)22)6-5-7-13(19)17-12(16(23)24)8-25-10(3)4;1-9(2)12(16)6-5-7-13(17)15-11(14(18)19)8-20-10(3)4/h11-14H,5-10H2,1-4H3,(H,20,22)(H,21,23)(H,24,25)(H,26,27);9-12H,5-8H2,1-4H3,(H,17,19)(H,18,20)(H,21,22)(H,23,24);9-11H,5-8H2,1-4H3,(H,15,17)(H,18,19). The number of carboxylic acids is 5. The van der Waals surface area contributed by atoms with E-state index in [0.717, 1.165) is 0 Å². The lowest BCUT2D eigenvalue weighted by Gasteiger charge is -2.17. The number of Topliss-reactive ketones (excluding diaryl/α,β-unsaturated/α-hetero) is 1. The fourth-order valence-electron chi connectivity index (χ4n) is 5.26. The second-order valence-corrected chi connectivity index (χ2v) is 24.8. The predicted octanol–water partition coefficient (Wildman–Crippen LogP) is 4.72. The van der Waals surface area contributed by atoms with E-state index >= 15 is 0 Å². The summed E-state index contributed by atoms with van der Waals surface area (Å²) in [6, 6.07) is -5.10. The molecule has 76 heavy (non-hydrogen) atoms. The molecule has 0 aliphatic carbocycles. The Hall–Kier alpha value is -4.76. The Kier molecular flexibility index (Phi) is 43.0. The van der Waals surface area contributed by atoms with Gasteiger partial charge in [0, 0.05) is 66.4 Å². The van der Waals surface area contributed by atoms with Gasteiger partial charge >= 0.3 is 35.8 Å². The minimum absolute atomic E-state index is 0.00253. The molecule has 0 bridgehead atoms. The molecule has 0 heterocycles. The van der Waals surface area contributed by atoms with Gasteiger partial charge in [0.25, 0.3) is 0 Å². The van der Waals surface area contributed by atoms with E-state index < -0.39 is 77.8 Å². The van der Waals surface area contributed by atoms with Crippen molar-refractivity contribution in [2.75, 3.05) is 29.6 Å². The molecule has 5 atom stereocenters. The highest BCUT2D eigenvalue weighted by molar-refractivity contribution is 8.76. The summed E-state index contributed by atoms with van der Waals surface area (Å²) in [5, 5.41) is 58.5. The van der Waals surface area contributed by atoms with Crippen molar-refractivity contribution in [1.29, 1.82) is 0 Å². The van der Waals surface area contributed by atoms with E-state index in [9.17, 15) is 67.7 Å². The molecule has 10 N–H and O–H groups in total. The smallest absolute Gasteiger partial charge is 0.327 e. The van der Waals surface area contributed by atoms with E-state index in [1.165, 1.54) is 45.1 Å². The Labute approximate surface area is 463 Å². The summed E-state index contributed by atoms with van der Waals surface area (Å²) in [6.45, 7) is 21.7. The maximum Gasteiger partial charge on any atom is 0.327 e. The molecule has 5 unspecified atom stereocenters. The van der Waals surface area contributed by atoms with E-state index in [1.807, 2.05) is 41.5 Å². The fraction of sp³-hybridized carbons (Fsp3) is 0.755.